The normalized spacial score (nSPS) is 15.2. The number of thiocarbonyl (C=S) groups is 1. The summed E-state index contributed by atoms with van der Waals surface area (Å²) in [6, 6.07) is 0. The minimum absolute atomic E-state index is 0.779. The number of hydrogen-bond acceptors (Lipinski definition) is 2. The Morgan fingerprint density at radius 1 is 1.36 bits per heavy atom. The van der Waals surface area contributed by atoms with E-state index in [1.807, 2.05) is 0 Å². The lowest BCUT2D eigenvalue weighted by Gasteiger charge is -2.09. The van der Waals surface area contributed by atoms with Crippen LogP contribution in [-0.2, 0) is 4.74 Å². The highest BCUT2D eigenvalue weighted by molar-refractivity contribution is 7.80. The van der Waals surface area contributed by atoms with Crippen LogP contribution in [0.4, 0.5) is 0 Å². The molecular formula is C10H20N2OS. The van der Waals surface area contributed by atoms with Gasteiger partial charge in [-0.3, -0.25) is 0 Å². The molecule has 1 aliphatic carbocycles. The molecule has 1 aliphatic rings. The molecule has 0 aromatic carbocycles. The number of rotatable bonds is 7. The average molecular weight is 216 g/mol. The summed E-state index contributed by atoms with van der Waals surface area (Å²) in [6.45, 7) is 2.70. The summed E-state index contributed by atoms with van der Waals surface area (Å²) in [6.07, 6.45) is 5.09. The molecular weight excluding hydrogens is 196 g/mol. The van der Waals surface area contributed by atoms with Crippen LogP contribution in [0.1, 0.15) is 25.7 Å². The molecule has 0 spiro atoms. The highest BCUT2D eigenvalue weighted by atomic mass is 32.1. The van der Waals surface area contributed by atoms with Crippen molar-refractivity contribution in [3.8, 4) is 0 Å². The molecule has 0 bridgehead atoms. The van der Waals surface area contributed by atoms with E-state index in [1.54, 1.807) is 7.11 Å². The fraction of sp³-hybridized carbons (Fsp3) is 0.900. The Kier molecular flexibility index (Phi) is 5.87. The highest BCUT2D eigenvalue weighted by Crippen LogP contribution is 2.31. The van der Waals surface area contributed by atoms with Crippen LogP contribution < -0.4 is 10.6 Å². The standard InChI is InChI=1S/C10H20N2OS/c1-13-8-2-6-11-10(14)12-7-5-9-3-4-9/h9H,2-8H2,1H3,(H2,11,12,14). The second-order valence-electron chi connectivity index (χ2n) is 3.76. The van der Waals surface area contributed by atoms with Crippen molar-refractivity contribution < 1.29 is 4.74 Å². The Balaban J connectivity index is 1.82. The van der Waals surface area contributed by atoms with Gasteiger partial charge in [-0.15, -0.1) is 0 Å². The second-order valence-corrected chi connectivity index (χ2v) is 4.17. The van der Waals surface area contributed by atoms with Crippen molar-refractivity contribution in [2.45, 2.75) is 25.7 Å². The zero-order chi connectivity index (χ0) is 10.2. The third-order valence-corrected chi connectivity index (χ3v) is 2.63. The Morgan fingerprint density at radius 3 is 2.71 bits per heavy atom. The first-order valence-electron chi connectivity index (χ1n) is 5.33. The van der Waals surface area contributed by atoms with Gasteiger partial charge in [0.2, 0.25) is 0 Å². The Bertz CT molecular complexity index is 172. The number of ether oxygens (including phenoxy) is 1. The van der Waals surface area contributed by atoms with Crippen molar-refractivity contribution in [1.29, 1.82) is 0 Å². The van der Waals surface area contributed by atoms with Gasteiger partial charge in [-0.1, -0.05) is 12.8 Å². The van der Waals surface area contributed by atoms with Crippen LogP contribution >= 0.6 is 12.2 Å². The molecule has 4 heteroatoms. The Labute approximate surface area is 91.6 Å². The SMILES string of the molecule is COCCCNC(=S)NCCC1CC1. The fourth-order valence-corrected chi connectivity index (χ4v) is 1.48. The van der Waals surface area contributed by atoms with Crippen molar-refractivity contribution >= 4 is 17.3 Å². The van der Waals surface area contributed by atoms with Gasteiger partial charge in [0.15, 0.2) is 5.11 Å². The molecule has 1 saturated carbocycles. The maximum atomic E-state index is 5.11. The first-order chi connectivity index (χ1) is 6.83. The van der Waals surface area contributed by atoms with Crippen molar-refractivity contribution in [3.05, 3.63) is 0 Å². The van der Waals surface area contributed by atoms with Crippen LogP contribution in [-0.4, -0.2) is 31.9 Å². The van der Waals surface area contributed by atoms with Crippen LogP contribution in [0.15, 0.2) is 0 Å². The molecule has 1 rings (SSSR count). The number of methoxy groups -OCH3 is 1. The van der Waals surface area contributed by atoms with E-state index in [1.165, 1.54) is 19.3 Å². The maximum absolute atomic E-state index is 5.11. The van der Waals surface area contributed by atoms with Gasteiger partial charge in [0, 0.05) is 26.8 Å². The monoisotopic (exact) mass is 216 g/mol. The molecule has 0 heterocycles. The predicted molar refractivity (Wildman–Crippen MR) is 62.4 cm³/mol. The summed E-state index contributed by atoms with van der Waals surface area (Å²) >= 11 is 5.11. The van der Waals surface area contributed by atoms with Gasteiger partial charge < -0.3 is 15.4 Å². The summed E-state index contributed by atoms with van der Waals surface area (Å²) < 4.78 is 4.94. The van der Waals surface area contributed by atoms with Crippen LogP contribution in [0, 0.1) is 5.92 Å². The van der Waals surface area contributed by atoms with Crippen molar-refractivity contribution in [2.24, 2.45) is 5.92 Å². The maximum Gasteiger partial charge on any atom is 0.166 e. The largest absolute Gasteiger partial charge is 0.385 e. The average Bonchev–Trinajstić information content (AvgIpc) is 2.96. The molecule has 3 nitrogen and oxygen atoms in total. The molecule has 0 atom stereocenters. The van der Waals surface area contributed by atoms with Crippen LogP contribution in [0.2, 0.25) is 0 Å². The van der Waals surface area contributed by atoms with E-state index in [0.717, 1.165) is 37.1 Å². The zero-order valence-electron chi connectivity index (χ0n) is 8.84. The third-order valence-electron chi connectivity index (χ3n) is 2.35. The Hall–Kier alpha value is -0.350. The van der Waals surface area contributed by atoms with E-state index < -0.39 is 0 Å². The van der Waals surface area contributed by atoms with Crippen molar-refractivity contribution in [2.75, 3.05) is 26.8 Å². The molecule has 0 aromatic heterocycles. The summed E-state index contributed by atoms with van der Waals surface area (Å²) in [5, 5.41) is 7.14. The Morgan fingerprint density at radius 2 is 2.07 bits per heavy atom. The van der Waals surface area contributed by atoms with Gasteiger partial charge in [0.25, 0.3) is 0 Å². The van der Waals surface area contributed by atoms with E-state index in [2.05, 4.69) is 10.6 Å². The first-order valence-corrected chi connectivity index (χ1v) is 5.74. The molecule has 0 radical (unpaired) electrons. The summed E-state index contributed by atoms with van der Waals surface area (Å²) in [7, 11) is 1.71. The topological polar surface area (TPSA) is 33.3 Å². The lowest BCUT2D eigenvalue weighted by atomic mass is 10.3. The third kappa shape index (κ3) is 6.16. The van der Waals surface area contributed by atoms with Crippen molar-refractivity contribution in [1.82, 2.24) is 10.6 Å². The summed E-state index contributed by atoms with van der Waals surface area (Å²) in [5.74, 6) is 0.971. The van der Waals surface area contributed by atoms with Gasteiger partial charge in [-0.05, 0) is 31.0 Å². The quantitative estimate of drug-likeness (QED) is 0.496. The second kappa shape index (κ2) is 7.01. The molecule has 0 aliphatic heterocycles. The van der Waals surface area contributed by atoms with E-state index in [4.69, 9.17) is 17.0 Å². The molecule has 0 aromatic rings. The molecule has 82 valence electrons. The predicted octanol–water partition coefficient (Wildman–Crippen LogP) is 1.29. The lowest BCUT2D eigenvalue weighted by Crippen LogP contribution is -2.36. The number of nitrogens with one attached hydrogen (secondary N) is 2. The van der Waals surface area contributed by atoms with Gasteiger partial charge in [0.05, 0.1) is 0 Å². The minimum atomic E-state index is 0.779. The zero-order valence-corrected chi connectivity index (χ0v) is 9.66. The molecule has 0 unspecified atom stereocenters. The molecule has 1 fully saturated rings. The van der Waals surface area contributed by atoms with Gasteiger partial charge in [0.1, 0.15) is 0 Å². The van der Waals surface area contributed by atoms with E-state index in [9.17, 15) is 0 Å². The van der Waals surface area contributed by atoms with Crippen molar-refractivity contribution in [3.63, 3.8) is 0 Å². The molecule has 14 heavy (non-hydrogen) atoms. The number of hydrogen-bond donors (Lipinski definition) is 2. The molecule has 0 saturated heterocycles. The van der Waals surface area contributed by atoms with Gasteiger partial charge in [-0.2, -0.15) is 0 Å². The molecule has 2 N–H and O–H groups in total. The highest BCUT2D eigenvalue weighted by Gasteiger charge is 2.20. The summed E-state index contributed by atoms with van der Waals surface area (Å²) in [4.78, 5) is 0. The fourth-order valence-electron chi connectivity index (χ4n) is 1.28. The van der Waals surface area contributed by atoms with Crippen LogP contribution in [0.3, 0.4) is 0 Å². The van der Waals surface area contributed by atoms with Gasteiger partial charge in [-0.25, -0.2) is 0 Å². The van der Waals surface area contributed by atoms with Crippen LogP contribution in [0.5, 0.6) is 0 Å². The smallest absolute Gasteiger partial charge is 0.166 e. The summed E-state index contributed by atoms with van der Waals surface area (Å²) in [5.41, 5.74) is 0. The van der Waals surface area contributed by atoms with E-state index >= 15 is 0 Å². The lowest BCUT2D eigenvalue weighted by molar-refractivity contribution is 0.195. The van der Waals surface area contributed by atoms with Gasteiger partial charge >= 0.3 is 0 Å². The first kappa shape index (κ1) is 11.7. The molecule has 0 amide bonds. The van der Waals surface area contributed by atoms with E-state index in [-0.39, 0.29) is 0 Å². The van der Waals surface area contributed by atoms with E-state index in [0.29, 0.717) is 0 Å². The van der Waals surface area contributed by atoms with Crippen LogP contribution in [0.25, 0.3) is 0 Å². The minimum Gasteiger partial charge on any atom is -0.385 e.